The van der Waals surface area contributed by atoms with Gasteiger partial charge in [0.05, 0.1) is 42.0 Å². The van der Waals surface area contributed by atoms with E-state index in [4.69, 9.17) is 14.1 Å². The highest BCUT2D eigenvalue weighted by Crippen LogP contribution is 2.32. The highest BCUT2D eigenvalue weighted by Gasteiger charge is 2.22. The Bertz CT molecular complexity index is 1110. The van der Waals surface area contributed by atoms with Crippen LogP contribution in [0.3, 0.4) is 0 Å². The molecule has 0 radical (unpaired) electrons. The zero-order valence-electron chi connectivity index (χ0n) is 16.6. The fourth-order valence-corrected chi connectivity index (χ4v) is 2.71. The molecule has 1 aromatic heterocycles. The molecule has 0 aliphatic heterocycles. The lowest BCUT2D eigenvalue weighted by molar-refractivity contribution is 0.0169. The Morgan fingerprint density at radius 2 is 2.26 bits per heavy atom. The fourth-order valence-electron chi connectivity index (χ4n) is 2.38. The lowest BCUT2D eigenvalue weighted by atomic mass is 10.1. The molecular weight excluding hydrogens is 427 g/mol. The number of halogens is 3. The smallest absolute Gasteiger partial charge is 0.277 e. The van der Waals surface area contributed by atoms with Crippen molar-refractivity contribution in [3.05, 3.63) is 52.3 Å². The summed E-state index contributed by atoms with van der Waals surface area (Å²) in [5.74, 6) is -2.76. The third-order valence-corrected chi connectivity index (χ3v) is 4.06. The number of imidazole rings is 1. The van der Waals surface area contributed by atoms with Crippen LogP contribution in [0.5, 0.6) is 0 Å². The molecule has 10 heteroatoms. The molecule has 0 spiro atoms. The predicted molar refractivity (Wildman–Crippen MR) is 98.6 cm³/mol. The summed E-state index contributed by atoms with van der Waals surface area (Å²) in [4.78, 5) is 21.1. The van der Waals surface area contributed by atoms with Gasteiger partial charge < -0.3 is 15.0 Å². The van der Waals surface area contributed by atoms with E-state index in [0.29, 0.717) is 9.04 Å². The van der Waals surface area contributed by atoms with Gasteiger partial charge in [0.25, 0.3) is 5.91 Å². The molecule has 3 N–H and O–H groups in total. The Labute approximate surface area is 165 Å². The van der Waals surface area contributed by atoms with Crippen LogP contribution in [-0.2, 0) is 11.8 Å². The minimum Gasteiger partial charge on any atom is -0.394 e. The summed E-state index contributed by atoms with van der Waals surface area (Å²) in [5.41, 5.74) is 0.608. The van der Waals surface area contributed by atoms with E-state index in [1.165, 1.54) is 12.1 Å². The zero-order chi connectivity index (χ0) is 22.1. The molecule has 1 heterocycles. The molecule has 3 aromatic rings. The van der Waals surface area contributed by atoms with Gasteiger partial charge in [-0.3, -0.25) is 9.63 Å². The van der Waals surface area contributed by atoms with E-state index in [1.54, 1.807) is 0 Å². The van der Waals surface area contributed by atoms with Crippen LogP contribution >= 0.6 is 15.9 Å². The number of carbonyl (C=O) groups is 1. The molecule has 0 saturated carbocycles. The Morgan fingerprint density at radius 1 is 1.44 bits per heavy atom. The van der Waals surface area contributed by atoms with Crippen LogP contribution in [0.25, 0.3) is 11.0 Å². The Kier molecular flexibility index (Phi) is 4.58. The van der Waals surface area contributed by atoms with Gasteiger partial charge in [-0.1, -0.05) is 15.9 Å². The first-order valence-corrected chi connectivity index (χ1v) is 8.38. The van der Waals surface area contributed by atoms with Crippen molar-refractivity contribution < 1.29 is 27.6 Å². The first kappa shape index (κ1) is 15.5. The van der Waals surface area contributed by atoms with Gasteiger partial charge in [0.1, 0.15) is 11.3 Å². The molecule has 3 rings (SSSR count). The molecule has 0 fully saturated rings. The number of hydrogen-bond acceptors (Lipinski definition) is 5. The lowest BCUT2D eigenvalue weighted by Gasteiger charge is -2.15. The van der Waals surface area contributed by atoms with Crippen molar-refractivity contribution in [3.8, 4) is 0 Å². The number of aromatic nitrogens is 2. The van der Waals surface area contributed by atoms with Gasteiger partial charge >= 0.3 is 0 Å². The van der Waals surface area contributed by atoms with Gasteiger partial charge in [-0.2, -0.15) is 0 Å². The Balaban J connectivity index is 2.17. The second-order valence-corrected chi connectivity index (χ2v) is 6.26. The summed E-state index contributed by atoms with van der Waals surface area (Å²) < 4.78 is 53.5. The molecule has 0 aliphatic rings. The van der Waals surface area contributed by atoms with Crippen LogP contribution in [0.4, 0.5) is 20.2 Å². The van der Waals surface area contributed by atoms with Crippen LogP contribution in [0.2, 0.25) is 0 Å². The lowest BCUT2D eigenvalue weighted by Crippen LogP contribution is -2.26. The molecule has 0 atom stereocenters. The maximum absolute atomic E-state index is 15.4. The van der Waals surface area contributed by atoms with Gasteiger partial charge in [-0.05, 0) is 24.3 Å². The number of fused-ring (bicyclic) bond motifs is 1. The number of rotatable bonds is 6. The molecule has 142 valence electrons. The van der Waals surface area contributed by atoms with E-state index in [2.05, 4.69) is 26.2 Å². The maximum Gasteiger partial charge on any atom is 0.277 e. The van der Waals surface area contributed by atoms with Crippen LogP contribution in [-0.4, -0.2) is 33.8 Å². The fraction of sp³-hybridized carbons (Fsp3) is 0.176. The molecule has 0 aliphatic carbocycles. The van der Waals surface area contributed by atoms with E-state index < -0.39 is 30.2 Å². The van der Waals surface area contributed by atoms with Crippen LogP contribution in [0.15, 0.2) is 35.1 Å². The molecule has 7 nitrogen and oxygen atoms in total. The Hall–Kier alpha value is -2.56. The van der Waals surface area contributed by atoms with Crippen molar-refractivity contribution in [1.82, 2.24) is 15.0 Å². The number of nitrogens with zero attached hydrogens (tertiary/aromatic N) is 2. The number of nitrogens with one attached hydrogen (secondary N) is 2. The first-order valence-electron chi connectivity index (χ1n) is 9.08. The van der Waals surface area contributed by atoms with Crippen LogP contribution in [0.1, 0.15) is 14.5 Å². The normalized spacial score (nSPS) is 13.1. The van der Waals surface area contributed by atoms with Crippen LogP contribution < -0.4 is 10.8 Å². The quantitative estimate of drug-likeness (QED) is 0.309. The molecule has 0 bridgehead atoms. The van der Waals surface area contributed by atoms with E-state index in [1.807, 2.05) is 5.48 Å². The topological polar surface area (TPSA) is 88.4 Å². The van der Waals surface area contributed by atoms with Gasteiger partial charge in [-0.15, -0.1) is 0 Å². The minimum atomic E-state index is -2.73. The van der Waals surface area contributed by atoms with Crippen LogP contribution in [0, 0.1) is 11.6 Å². The number of carbonyl (C=O) groups excluding carboxylic acids is 1. The molecular formula is C17H15BrF2N4O3. The van der Waals surface area contributed by atoms with E-state index in [-0.39, 0.29) is 35.5 Å². The van der Waals surface area contributed by atoms with Gasteiger partial charge in [-0.25, -0.2) is 19.2 Å². The van der Waals surface area contributed by atoms with E-state index in [9.17, 15) is 9.18 Å². The van der Waals surface area contributed by atoms with Gasteiger partial charge in [0.15, 0.2) is 5.82 Å². The summed E-state index contributed by atoms with van der Waals surface area (Å²) >= 11 is 3.11. The maximum atomic E-state index is 15.4. The van der Waals surface area contributed by atoms with E-state index in [0.717, 1.165) is 18.5 Å². The van der Waals surface area contributed by atoms with Crippen molar-refractivity contribution in [2.75, 3.05) is 18.5 Å². The second-order valence-electron chi connectivity index (χ2n) is 5.35. The standard InChI is InChI=1S/C17H15BrF2N4O3/c1-24-8-21-13-7-10(17(26)23-27-5-4-25)15(14(20)16(13)24)22-12-3-2-9(18)6-11(12)19/h2-3,6-8,22,25H,4-5H2,1H3,(H,23,26)/i1+1D3. The number of aliphatic hydroxyl groups is 1. The molecule has 1 amide bonds. The molecule has 2 aromatic carbocycles. The third-order valence-electron chi connectivity index (χ3n) is 3.57. The van der Waals surface area contributed by atoms with E-state index >= 15 is 4.39 Å². The average molecular weight is 445 g/mol. The number of aryl methyl sites for hydroxylation is 1. The summed E-state index contributed by atoms with van der Waals surface area (Å²) in [6.07, 6.45) is 0.925. The monoisotopic (exact) mass is 444 g/mol. The molecule has 0 saturated heterocycles. The highest BCUT2D eigenvalue weighted by molar-refractivity contribution is 9.10. The van der Waals surface area contributed by atoms with Crippen molar-refractivity contribution in [2.45, 2.75) is 0 Å². The summed E-state index contributed by atoms with van der Waals surface area (Å²) in [5, 5.41) is 11.3. The summed E-state index contributed by atoms with van der Waals surface area (Å²) in [7, 11) is 0. The van der Waals surface area contributed by atoms with Gasteiger partial charge in [0.2, 0.25) is 0 Å². The number of hydroxylamine groups is 1. The number of amides is 1. The number of anilines is 2. The van der Waals surface area contributed by atoms with Gasteiger partial charge in [0, 0.05) is 15.6 Å². The third kappa shape index (κ3) is 3.92. The molecule has 0 unspecified atom stereocenters. The van der Waals surface area contributed by atoms with Crippen molar-refractivity contribution >= 4 is 44.2 Å². The zero-order valence-corrected chi connectivity index (χ0v) is 15.2. The predicted octanol–water partition coefficient (Wildman–Crippen LogP) is 3.01. The first-order chi connectivity index (χ1) is 14.1. The summed E-state index contributed by atoms with van der Waals surface area (Å²) in [6.45, 7) is -3.32. The average Bonchev–Trinajstić information content (AvgIpc) is 3.10. The highest BCUT2D eigenvalue weighted by atomic mass is 79.9. The number of aliphatic hydroxyl groups excluding tert-OH is 1. The SMILES string of the molecule is [2H][13C]([2H])([2H])n1cnc2cc(C(=O)NOCCO)c(Nc3ccc(Br)cc3F)c(F)c21. The minimum absolute atomic E-state index is 0.0993. The van der Waals surface area contributed by atoms with Crippen molar-refractivity contribution in [1.29, 1.82) is 0 Å². The van der Waals surface area contributed by atoms with Crippen molar-refractivity contribution in [3.63, 3.8) is 0 Å². The largest absolute Gasteiger partial charge is 0.394 e. The Morgan fingerprint density at radius 3 is 2.96 bits per heavy atom. The number of hydrogen-bond donors (Lipinski definition) is 3. The summed E-state index contributed by atoms with van der Waals surface area (Å²) in [6, 6.07) is 5.10. The second kappa shape index (κ2) is 7.99. The van der Waals surface area contributed by atoms with Crippen molar-refractivity contribution in [2.24, 2.45) is 6.98 Å². The molecule has 27 heavy (non-hydrogen) atoms. The number of benzene rings is 2.